The largest absolute Gasteiger partial charge is 0.493 e. The first-order valence-electron chi connectivity index (χ1n) is 15.9. The van der Waals surface area contributed by atoms with Crippen molar-refractivity contribution < 1.29 is 28.5 Å². The van der Waals surface area contributed by atoms with Gasteiger partial charge in [-0.05, 0) is 64.6 Å². The quantitative estimate of drug-likeness (QED) is 0.261. The molecule has 0 atom stereocenters. The molecule has 0 radical (unpaired) electrons. The van der Waals surface area contributed by atoms with Gasteiger partial charge in [0.15, 0.2) is 34.6 Å². The Morgan fingerprint density at radius 3 is 1.72 bits per heavy atom. The number of hydrogen-bond donors (Lipinski definition) is 1. The number of dihydropyridines is 1. The zero-order chi connectivity index (χ0) is 32.6. The van der Waals surface area contributed by atoms with Crippen LogP contribution in [0.25, 0.3) is 0 Å². The summed E-state index contributed by atoms with van der Waals surface area (Å²) in [6.45, 7) is 9.23. The van der Waals surface area contributed by atoms with E-state index >= 15 is 0 Å². The van der Waals surface area contributed by atoms with E-state index in [0.717, 1.165) is 40.9 Å². The van der Waals surface area contributed by atoms with Crippen molar-refractivity contribution in [1.29, 1.82) is 0 Å². The molecule has 0 saturated carbocycles. The summed E-state index contributed by atoms with van der Waals surface area (Å²) in [4.78, 5) is 27.4. The van der Waals surface area contributed by atoms with E-state index in [1.807, 2.05) is 66.7 Å². The average molecular weight is 622 g/mol. The number of hydrogen-bond acceptors (Lipinski definition) is 7. The van der Waals surface area contributed by atoms with Crippen molar-refractivity contribution >= 4 is 11.6 Å². The molecule has 240 valence electrons. The fourth-order valence-electron chi connectivity index (χ4n) is 7.02. The van der Waals surface area contributed by atoms with Crippen molar-refractivity contribution in [2.75, 3.05) is 14.2 Å². The van der Waals surface area contributed by atoms with Crippen LogP contribution in [-0.4, -0.2) is 25.8 Å². The van der Waals surface area contributed by atoms with E-state index in [1.54, 1.807) is 14.2 Å². The number of benzene rings is 3. The summed E-state index contributed by atoms with van der Waals surface area (Å²) in [6.07, 6.45) is 2.41. The summed E-state index contributed by atoms with van der Waals surface area (Å²) >= 11 is 0. The topological polar surface area (TPSA) is 83.1 Å². The van der Waals surface area contributed by atoms with Crippen LogP contribution in [0.3, 0.4) is 0 Å². The minimum Gasteiger partial charge on any atom is -0.493 e. The maximum absolute atomic E-state index is 13.7. The monoisotopic (exact) mass is 621 g/mol. The molecule has 46 heavy (non-hydrogen) atoms. The molecule has 7 nitrogen and oxygen atoms in total. The van der Waals surface area contributed by atoms with Crippen molar-refractivity contribution in [3.8, 4) is 23.0 Å². The van der Waals surface area contributed by atoms with Crippen molar-refractivity contribution in [2.45, 2.75) is 72.5 Å². The molecular weight excluding hydrogens is 578 g/mol. The molecule has 2 aliphatic carbocycles. The predicted molar refractivity (Wildman–Crippen MR) is 177 cm³/mol. The lowest BCUT2D eigenvalue weighted by molar-refractivity contribution is -0.119. The number of rotatable bonds is 9. The highest BCUT2D eigenvalue weighted by Gasteiger charge is 2.46. The van der Waals surface area contributed by atoms with E-state index in [1.165, 1.54) is 0 Å². The molecule has 6 rings (SSSR count). The van der Waals surface area contributed by atoms with Crippen LogP contribution in [0.2, 0.25) is 0 Å². The summed E-state index contributed by atoms with van der Waals surface area (Å²) in [6, 6.07) is 21.5. The lowest BCUT2D eigenvalue weighted by Crippen LogP contribution is -2.42. The van der Waals surface area contributed by atoms with E-state index in [0.29, 0.717) is 53.6 Å². The van der Waals surface area contributed by atoms with Crippen LogP contribution < -0.4 is 24.3 Å². The van der Waals surface area contributed by atoms with Gasteiger partial charge in [0.05, 0.1) is 14.2 Å². The molecule has 3 aromatic carbocycles. The van der Waals surface area contributed by atoms with Crippen LogP contribution in [0.1, 0.15) is 76.0 Å². The zero-order valence-electron chi connectivity index (χ0n) is 27.6. The van der Waals surface area contributed by atoms with Gasteiger partial charge >= 0.3 is 0 Å². The number of Topliss-reactive ketones (excluding diaryl/α,β-unsaturated/α-hetero) is 2. The molecule has 0 saturated heterocycles. The van der Waals surface area contributed by atoms with E-state index in [9.17, 15) is 9.59 Å². The number of carbonyl (C=O) groups excluding carboxylic acids is 2. The Morgan fingerprint density at radius 2 is 1.15 bits per heavy atom. The second-order valence-electron chi connectivity index (χ2n) is 14.2. The van der Waals surface area contributed by atoms with Crippen molar-refractivity contribution in [1.82, 2.24) is 5.32 Å². The van der Waals surface area contributed by atoms with E-state index in [-0.39, 0.29) is 29.0 Å². The Bertz CT molecular complexity index is 1680. The molecule has 7 heteroatoms. The molecular formula is C39H43NO6. The van der Waals surface area contributed by atoms with Crippen LogP contribution in [0.5, 0.6) is 23.0 Å². The van der Waals surface area contributed by atoms with Crippen LogP contribution in [0.15, 0.2) is 89.3 Å². The average Bonchev–Trinajstić information content (AvgIpc) is 3.01. The van der Waals surface area contributed by atoms with Crippen LogP contribution in [0.4, 0.5) is 0 Å². The molecule has 1 heterocycles. The number of ether oxygens (including phenoxy) is 4. The lowest BCUT2D eigenvalue weighted by Gasteiger charge is -2.44. The van der Waals surface area contributed by atoms with E-state index in [4.69, 9.17) is 18.9 Å². The molecule has 0 unspecified atom stereocenters. The maximum Gasteiger partial charge on any atom is 0.162 e. The SMILES string of the molecule is COc1cc(COc2ccc(C3C4=C(CC(C)(C)CC4=O)NC4=C3C(=O)CC(C)(C)C4)cc2OC)ccc1OCc1ccccc1. The third-order valence-electron chi connectivity index (χ3n) is 9.10. The Morgan fingerprint density at radius 1 is 0.630 bits per heavy atom. The van der Waals surface area contributed by atoms with E-state index in [2.05, 4.69) is 33.0 Å². The first-order valence-corrected chi connectivity index (χ1v) is 15.9. The van der Waals surface area contributed by atoms with Crippen molar-refractivity contribution in [3.05, 3.63) is 106 Å². The highest BCUT2D eigenvalue weighted by atomic mass is 16.5. The summed E-state index contributed by atoms with van der Waals surface area (Å²) < 4.78 is 23.7. The van der Waals surface area contributed by atoms with Gasteiger partial charge < -0.3 is 24.3 Å². The first kappa shape index (κ1) is 31.5. The molecule has 3 aliphatic rings. The summed E-state index contributed by atoms with van der Waals surface area (Å²) in [5.74, 6) is 2.15. The number of methoxy groups -OCH3 is 2. The minimum atomic E-state index is -0.436. The fraction of sp³-hybridized carbons (Fsp3) is 0.385. The summed E-state index contributed by atoms with van der Waals surface area (Å²) in [5, 5.41) is 3.58. The Kier molecular flexibility index (Phi) is 8.45. The van der Waals surface area contributed by atoms with Crippen molar-refractivity contribution in [3.63, 3.8) is 0 Å². The Hall–Kier alpha value is -4.52. The van der Waals surface area contributed by atoms with Gasteiger partial charge in [0.25, 0.3) is 0 Å². The highest BCUT2D eigenvalue weighted by molar-refractivity contribution is 6.06. The molecule has 3 aromatic rings. The highest BCUT2D eigenvalue weighted by Crippen LogP contribution is 2.51. The second kappa shape index (κ2) is 12.3. The molecule has 1 aliphatic heterocycles. The van der Waals surface area contributed by atoms with Crippen LogP contribution in [0, 0.1) is 10.8 Å². The number of carbonyl (C=O) groups is 2. The van der Waals surface area contributed by atoms with Gasteiger partial charge in [-0.1, -0.05) is 70.2 Å². The molecule has 0 spiro atoms. The smallest absolute Gasteiger partial charge is 0.162 e. The fourth-order valence-corrected chi connectivity index (χ4v) is 7.02. The first-order chi connectivity index (χ1) is 22.0. The minimum absolute atomic E-state index is 0.0948. The molecule has 0 fully saturated rings. The van der Waals surface area contributed by atoms with Gasteiger partial charge in [-0.3, -0.25) is 9.59 Å². The third-order valence-corrected chi connectivity index (χ3v) is 9.10. The van der Waals surface area contributed by atoms with E-state index < -0.39 is 5.92 Å². The van der Waals surface area contributed by atoms with Crippen LogP contribution >= 0.6 is 0 Å². The van der Waals surface area contributed by atoms with Gasteiger partial charge in [0, 0.05) is 41.3 Å². The summed E-state index contributed by atoms with van der Waals surface area (Å²) in [5.41, 5.74) is 5.85. The second-order valence-corrected chi connectivity index (χ2v) is 14.2. The number of ketones is 2. The van der Waals surface area contributed by atoms with Crippen molar-refractivity contribution in [2.24, 2.45) is 10.8 Å². The maximum atomic E-state index is 13.7. The molecule has 1 N–H and O–H groups in total. The zero-order valence-corrected chi connectivity index (χ0v) is 27.6. The Labute approximate surface area is 271 Å². The normalized spacial score (nSPS) is 18.8. The Balaban J connectivity index is 1.26. The molecule has 0 bridgehead atoms. The molecule has 0 aromatic heterocycles. The molecule has 0 amide bonds. The predicted octanol–water partition coefficient (Wildman–Crippen LogP) is 7.84. The number of nitrogens with one attached hydrogen (secondary N) is 1. The standard InChI is InChI=1S/C39H43NO6/c1-38(2)18-27-36(29(41)20-38)35(37-28(40-27)19-39(3,4)21-30(37)42)26-13-15-32(34(17-26)44-6)46-23-25-12-14-31(33(16-25)43-5)45-22-24-10-8-7-9-11-24/h7-17,35,40H,18-23H2,1-6H3. The van der Waals surface area contributed by atoms with Gasteiger partial charge in [0.1, 0.15) is 13.2 Å². The van der Waals surface area contributed by atoms with Gasteiger partial charge in [-0.25, -0.2) is 0 Å². The number of allylic oxidation sites excluding steroid dienone is 4. The lowest BCUT2D eigenvalue weighted by atomic mass is 9.64. The van der Waals surface area contributed by atoms with Gasteiger partial charge in [-0.2, -0.15) is 0 Å². The summed E-state index contributed by atoms with van der Waals surface area (Å²) in [7, 11) is 3.23. The van der Waals surface area contributed by atoms with Gasteiger partial charge in [-0.15, -0.1) is 0 Å². The van der Waals surface area contributed by atoms with Crippen LogP contribution in [-0.2, 0) is 22.8 Å². The van der Waals surface area contributed by atoms with Gasteiger partial charge in [0.2, 0.25) is 0 Å². The third kappa shape index (κ3) is 6.41.